The Labute approximate surface area is 87.9 Å². The normalized spacial score (nSPS) is 41.5. The van der Waals surface area contributed by atoms with Gasteiger partial charge in [0, 0.05) is 18.1 Å². The second-order valence-electron chi connectivity index (χ2n) is 4.43. The molecule has 3 aliphatic heterocycles. The highest BCUT2D eigenvalue weighted by molar-refractivity contribution is 7.09. The van der Waals surface area contributed by atoms with Crippen LogP contribution in [-0.4, -0.2) is 29.5 Å². The van der Waals surface area contributed by atoms with Gasteiger partial charge in [-0.15, -0.1) is 11.3 Å². The van der Waals surface area contributed by atoms with E-state index in [-0.39, 0.29) is 5.54 Å². The van der Waals surface area contributed by atoms with Crippen molar-refractivity contribution in [2.24, 2.45) is 11.7 Å². The lowest BCUT2D eigenvalue weighted by Gasteiger charge is -2.50. The molecule has 0 amide bonds. The molecule has 1 aromatic heterocycles. The highest BCUT2D eigenvalue weighted by Gasteiger charge is 2.46. The zero-order chi connectivity index (χ0) is 9.60. The molecule has 1 atom stereocenters. The van der Waals surface area contributed by atoms with Gasteiger partial charge in [0.25, 0.3) is 0 Å². The summed E-state index contributed by atoms with van der Waals surface area (Å²) in [6.07, 6.45) is 4.36. The van der Waals surface area contributed by atoms with Gasteiger partial charge in [0.2, 0.25) is 0 Å². The van der Waals surface area contributed by atoms with E-state index in [2.05, 4.69) is 9.88 Å². The Morgan fingerprint density at radius 1 is 1.50 bits per heavy atom. The van der Waals surface area contributed by atoms with Crippen LogP contribution in [0.3, 0.4) is 0 Å². The van der Waals surface area contributed by atoms with Crippen molar-refractivity contribution < 1.29 is 0 Å². The largest absolute Gasteiger partial charge is 0.318 e. The summed E-state index contributed by atoms with van der Waals surface area (Å²) in [6, 6.07) is 0. The molecule has 3 aliphatic rings. The van der Waals surface area contributed by atoms with E-state index >= 15 is 0 Å². The topological polar surface area (TPSA) is 42.1 Å². The molecule has 1 unspecified atom stereocenters. The highest BCUT2D eigenvalue weighted by atomic mass is 32.1. The second-order valence-corrected chi connectivity index (χ2v) is 5.32. The number of hydrogen-bond acceptors (Lipinski definition) is 4. The fraction of sp³-hybridized carbons (Fsp3) is 0.700. The number of aromatic nitrogens is 1. The molecule has 0 aliphatic carbocycles. The predicted molar refractivity (Wildman–Crippen MR) is 57.1 cm³/mol. The van der Waals surface area contributed by atoms with Crippen molar-refractivity contribution in [3.05, 3.63) is 16.6 Å². The molecule has 0 aromatic carbocycles. The molecular formula is C10H15N3S. The zero-order valence-electron chi connectivity index (χ0n) is 8.15. The maximum atomic E-state index is 6.52. The van der Waals surface area contributed by atoms with E-state index in [1.165, 1.54) is 25.9 Å². The second kappa shape index (κ2) is 3.02. The third-order valence-corrected chi connectivity index (χ3v) is 4.60. The van der Waals surface area contributed by atoms with Gasteiger partial charge >= 0.3 is 0 Å². The molecule has 3 fully saturated rings. The van der Waals surface area contributed by atoms with Gasteiger partial charge in [-0.2, -0.15) is 0 Å². The van der Waals surface area contributed by atoms with Crippen LogP contribution in [-0.2, 0) is 5.54 Å². The molecule has 2 bridgehead atoms. The molecule has 0 radical (unpaired) electrons. The molecule has 2 N–H and O–H groups in total. The van der Waals surface area contributed by atoms with Gasteiger partial charge in [0.15, 0.2) is 0 Å². The SMILES string of the molecule is NC1(c2nccs2)CN2CCC1CC2. The van der Waals surface area contributed by atoms with E-state index in [4.69, 9.17) is 5.73 Å². The van der Waals surface area contributed by atoms with Crippen LogP contribution in [0.2, 0.25) is 0 Å². The molecule has 1 aromatic rings. The van der Waals surface area contributed by atoms with E-state index in [1.54, 1.807) is 11.3 Å². The van der Waals surface area contributed by atoms with E-state index in [0.29, 0.717) is 5.92 Å². The van der Waals surface area contributed by atoms with Crippen LogP contribution in [0.15, 0.2) is 11.6 Å². The van der Waals surface area contributed by atoms with Crippen LogP contribution >= 0.6 is 11.3 Å². The van der Waals surface area contributed by atoms with Crippen LogP contribution in [0.1, 0.15) is 17.8 Å². The van der Waals surface area contributed by atoms with Gasteiger partial charge in [-0.3, -0.25) is 0 Å². The number of piperidine rings is 3. The standard InChI is InChI=1S/C10H15N3S/c11-10(9-12-3-6-14-9)7-13-4-1-8(10)2-5-13/h3,6,8H,1-2,4-5,7,11H2. The van der Waals surface area contributed by atoms with Gasteiger partial charge in [0.05, 0.1) is 5.54 Å². The molecule has 3 saturated heterocycles. The van der Waals surface area contributed by atoms with Crippen LogP contribution < -0.4 is 5.73 Å². The summed E-state index contributed by atoms with van der Waals surface area (Å²) in [5.74, 6) is 0.652. The Morgan fingerprint density at radius 2 is 2.29 bits per heavy atom. The third kappa shape index (κ3) is 1.14. The molecule has 3 nitrogen and oxygen atoms in total. The Balaban J connectivity index is 1.96. The third-order valence-electron chi connectivity index (χ3n) is 3.63. The lowest BCUT2D eigenvalue weighted by Crippen LogP contribution is -2.61. The van der Waals surface area contributed by atoms with Gasteiger partial charge in [-0.1, -0.05) is 0 Å². The van der Waals surface area contributed by atoms with Gasteiger partial charge < -0.3 is 10.6 Å². The Kier molecular flexibility index (Phi) is 1.90. The summed E-state index contributed by atoms with van der Waals surface area (Å²) in [6.45, 7) is 3.47. The summed E-state index contributed by atoms with van der Waals surface area (Å²) in [5.41, 5.74) is 6.37. The number of hydrogen-bond donors (Lipinski definition) is 1. The first kappa shape index (κ1) is 8.83. The van der Waals surface area contributed by atoms with E-state index in [0.717, 1.165) is 11.6 Å². The van der Waals surface area contributed by atoms with Crippen molar-refractivity contribution in [2.45, 2.75) is 18.4 Å². The van der Waals surface area contributed by atoms with Crippen molar-refractivity contribution in [3.63, 3.8) is 0 Å². The van der Waals surface area contributed by atoms with E-state index < -0.39 is 0 Å². The van der Waals surface area contributed by atoms with Crippen molar-refractivity contribution in [1.82, 2.24) is 9.88 Å². The average Bonchev–Trinajstić information content (AvgIpc) is 2.72. The molecule has 14 heavy (non-hydrogen) atoms. The van der Waals surface area contributed by atoms with Gasteiger partial charge in [0.1, 0.15) is 5.01 Å². The minimum Gasteiger partial charge on any atom is -0.318 e. The molecule has 0 spiro atoms. The number of thiazole rings is 1. The molecule has 4 heterocycles. The van der Waals surface area contributed by atoms with Crippen molar-refractivity contribution in [3.8, 4) is 0 Å². The number of fused-ring (bicyclic) bond motifs is 3. The monoisotopic (exact) mass is 209 g/mol. The minimum atomic E-state index is -0.148. The first-order valence-electron chi connectivity index (χ1n) is 5.20. The van der Waals surface area contributed by atoms with Crippen molar-refractivity contribution in [2.75, 3.05) is 19.6 Å². The summed E-state index contributed by atoms with van der Waals surface area (Å²) < 4.78 is 0. The van der Waals surface area contributed by atoms with E-state index in [1.807, 2.05) is 11.6 Å². The molecule has 4 rings (SSSR count). The molecule has 4 heteroatoms. The smallest absolute Gasteiger partial charge is 0.114 e. The minimum absolute atomic E-state index is 0.148. The number of rotatable bonds is 1. The maximum absolute atomic E-state index is 6.52. The Hall–Kier alpha value is -0.450. The fourth-order valence-corrected chi connectivity index (χ4v) is 3.62. The summed E-state index contributed by atoms with van der Waals surface area (Å²) in [5, 5.41) is 3.16. The summed E-state index contributed by atoms with van der Waals surface area (Å²) in [7, 11) is 0. The van der Waals surface area contributed by atoms with Crippen LogP contribution in [0.25, 0.3) is 0 Å². The highest BCUT2D eigenvalue weighted by Crippen LogP contribution is 2.41. The van der Waals surface area contributed by atoms with Crippen molar-refractivity contribution in [1.29, 1.82) is 0 Å². The first-order valence-corrected chi connectivity index (χ1v) is 6.08. The van der Waals surface area contributed by atoms with E-state index in [9.17, 15) is 0 Å². The van der Waals surface area contributed by atoms with Crippen molar-refractivity contribution >= 4 is 11.3 Å². The van der Waals surface area contributed by atoms with Crippen LogP contribution in [0.5, 0.6) is 0 Å². The number of nitrogens with zero attached hydrogens (tertiary/aromatic N) is 2. The Morgan fingerprint density at radius 3 is 2.79 bits per heavy atom. The van der Waals surface area contributed by atoms with Gasteiger partial charge in [-0.25, -0.2) is 4.98 Å². The molecule has 0 saturated carbocycles. The fourth-order valence-electron chi connectivity index (χ4n) is 2.80. The Bertz CT molecular complexity index is 316. The summed E-state index contributed by atoms with van der Waals surface area (Å²) in [4.78, 5) is 6.87. The average molecular weight is 209 g/mol. The van der Waals surface area contributed by atoms with Gasteiger partial charge in [-0.05, 0) is 31.8 Å². The summed E-state index contributed by atoms with van der Waals surface area (Å²) >= 11 is 1.71. The van der Waals surface area contributed by atoms with Crippen LogP contribution in [0.4, 0.5) is 0 Å². The number of nitrogens with two attached hydrogens (primary N) is 1. The zero-order valence-corrected chi connectivity index (χ0v) is 8.96. The maximum Gasteiger partial charge on any atom is 0.114 e. The van der Waals surface area contributed by atoms with Crippen LogP contribution in [0, 0.1) is 5.92 Å². The molecular weight excluding hydrogens is 194 g/mol. The molecule has 76 valence electrons. The lowest BCUT2D eigenvalue weighted by atomic mass is 9.74. The quantitative estimate of drug-likeness (QED) is 0.751. The lowest BCUT2D eigenvalue weighted by molar-refractivity contribution is 0.0265. The predicted octanol–water partition coefficient (Wildman–Crippen LogP) is 1.02. The first-order chi connectivity index (χ1) is 6.79.